The molecule has 3 saturated heterocycles. The summed E-state index contributed by atoms with van der Waals surface area (Å²) >= 11 is 0. The van der Waals surface area contributed by atoms with Crippen molar-refractivity contribution in [3.63, 3.8) is 0 Å². The highest BCUT2D eigenvalue weighted by molar-refractivity contribution is 5.87. The summed E-state index contributed by atoms with van der Waals surface area (Å²) in [7, 11) is 2.55. The Labute approximate surface area is 313 Å². The molecule has 0 unspecified atom stereocenters. The van der Waals surface area contributed by atoms with Crippen molar-refractivity contribution in [2.75, 3.05) is 45.3 Å². The molecule has 0 spiro atoms. The van der Waals surface area contributed by atoms with Gasteiger partial charge in [0.2, 0.25) is 11.8 Å². The van der Waals surface area contributed by atoms with E-state index >= 15 is 0 Å². The van der Waals surface area contributed by atoms with Crippen molar-refractivity contribution in [2.45, 2.75) is 82.5 Å². The Balaban J connectivity index is 0.960. The summed E-state index contributed by atoms with van der Waals surface area (Å²) in [5.74, 6) is 2.47. The summed E-state index contributed by atoms with van der Waals surface area (Å²) in [6.45, 7) is 6.26. The number of hydrogen-bond acceptors (Lipinski definition) is 10. The fourth-order valence-electron chi connectivity index (χ4n) is 7.98. The van der Waals surface area contributed by atoms with Gasteiger partial charge in [-0.1, -0.05) is 6.07 Å². The Morgan fingerprint density at radius 1 is 0.759 bits per heavy atom. The lowest BCUT2D eigenvalue weighted by molar-refractivity contribution is -0.134. The predicted molar refractivity (Wildman–Crippen MR) is 199 cm³/mol. The molecule has 4 atom stereocenters. The molecule has 54 heavy (non-hydrogen) atoms. The van der Waals surface area contributed by atoms with Crippen molar-refractivity contribution < 1.29 is 28.7 Å². The third-order valence-corrected chi connectivity index (χ3v) is 10.9. The van der Waals surface area contributed by atoms with E-state index in [-0.39, 0.29) is 23.9 Å². The highest BCUT2D eigenvalue weighted by Crippen LogP contribution is 2.35. The molecule has 16 heteroatoms. The molecule has 1 aromatic carbocycles. The number of rotatable bonds is 9. The van der Waals surface area contributed by atoms with Crippen molar-refractivity contribution in [1.29, 1.82) is 0 Å². The number of methoxy groups -OCH3 is 2. The standard InChI is InChI=1S/C38H48N10O6/c1-22(41-37(51)53-3)35(49)47-15-5-7-30(47)33-39-20-28(44-33)24-13-17-46(18-14-24)32-12-10-25-19-26(9-11-27(25)43-32)29-21-40-34(45-29)31-8-6-16-48(31)36(50)23(2)42-38(52)54-4/h9-12,19-24,30-31H,5-8,13-18H2,1-4H3,(H,39,44)(H,40,45)(H,41,51)(H,42,52)/t22-,23-,30-,31-/m0/s1. The summed E-state index contributed by atoms with van der Waals surface area (Å²) in [6, 6.07) is 8.61. The first-order chi connectivity index (χ1) is 26.1. The van der Waals surface area contributed by atoms with Crippen LogP contribution in [0.25, 0.3) is 22.2 Å². The minimum absolute atomic E-state index is 0.146. The Kier molecular flexibility index (Phi) is 10.7. The molecule has 6 heterocycles. The largest absolute Gasteiger partial charge is 0.453 e. The maximum atomic E-state index is 13.1. The van der Waals surface area contributed by atoms with E-state index in [9.17, 15) is 19.2 Å². The van der Waals surface area contributed by atoms with E-state index in [4.69, 9.17) is 9.97 Å². The predicted octanol–water partition coefficient (Wildman–Crippen LogP) is 4.55. The number of carbonyl (C=O) groups excluding carboxylic acids is 4. The van der Waals surface area contributed by atoms with Crippen molar-refractivity contribution in [3.05, 3.63) is 60.1 Å². The monoisotopic (exact) mass is 740 g/mol. The second kappa shape index (κ2) is 15.7. The number of nitrogens with one attached hydrogen (secondary N) is 4. The van der Waals surface area contributed by atoms with Crippen molar-refractivity contribution in [3.8, 4) is 11.3 Å². The van der Waals surface area contributed by atoms with Gasteiger partial charge in [-0.2, -0.15) is 0 Å². The van der Waals surface area contributed by atoms with Crippen molar-refractivity contribution in [1.82, 2.24) is 45.4 Å². The van der Waals surface area contributed by atoms with Gasteiger partial charge in [-0.3, -0.25) is 9.59 Å². The van der Waals surface area contributed by atoms with E-state index in [1.165, 1.54) is 14.2 Å². The van der Waals surface area contributed by atoms with Gasteiger partial charge in [0.05, 0.1) is 43.7 Å². The van der Waals surface area contributed by atoms with Gasteiger partial charge in [-0.15, -0.1) is 0 Å². The van der Waals surface area contributed by atoms with Crippen LogP contribution in [0.4, 0.5) is 15.4 Å². The van der Waals surface area contributed by atoms with Crippen LogP contribution in [0, 0.1) is 0 Å². The zero-order chi connectivity index (χ0) is 37.9. The number of amides is 4. The lowest BCUT2D eigenvalue weighted by atomic mass is 9.94. The molecule has 3 aliphatic heterocycles. The van der Waals surface area contributed by atoms with E-state index < -0.39 is 24.3 Å². The van der Waals surface area contributed by atoms with Crippen LogP contribution in [0.5, 0.6) is 0 Å². The van der Waals surface area contributed by atoms with Crippen molar-refractivity contribution in [2.24, 2.45) is 0 Å². The van der Waals surface area contributed by atoms with Crippen LogP contribution < -0.4 is 15.5 Å². The molecule has 4 amide bonds. The smallest absolute Gasteiger partial charge is 0.407 e. The van der Waals surface area contributed by atoms with Crippen LogP contribution in [0.1, 0.15) is 87.7 Å². The second-order valence-electron chi connectivity index (χ2n) is 14.3. The lowest BCUT2D eigenvalue weighted by Crippen LogP contribution is -2.46. The molecule has 7 rings (SSSR count). The number of aromatic nitrogens is 5. The normalized spacial score (nSPS) is 20.2. The molecule has 4 N–H and O–H groups in total. The molecule has 4 aromatic rings. The van der Waals surface area contributed by atoms with Gasteiger partial charge in [0.15, 0.2) is 0 Å². The van der Waals surface area contributed by atoms with Crippen LogP contribution in [0.2, 0.25) is 0 Å². The van der Waals surface area contributed by atoms with E-state index in [1.54, 1.807) is 29.8 Å². The summed E-state index contributed by atoms with van der Waals surface area (Å²) in [4.78, 5) is 76.8. The number of ether oxygens (including phenoxy) is 2. The number of benzene rings is 1. The molecule has 0 radical (unpaired) electrons. The first-order valence-electron chi connectivity index (χ1n) is 18.7. The van der Waals surface area contributed by atoms with E-state index in [1.807, 2.05) is 18.3 Å². The van der Waals surface area contributed by atoms with Gasteiger partial charge in [0.25, 0.3) is 0 Å². The van der Waals surface area contributed by atoms with Gasteiger partial charge in [-0.05, 0) is 76.6 Å². The fraction of sp³-hybridized carbons (Fsp3) is 0.500. The van der Waals surface area contributed by atoms with Crippen LogP contribution in [0.3, 0.4) is 0 Å². The minimum atomic E-state index is -0.705. The Morgan fingerprint density at radius 2 is 1.35 bits per heavy atom. The summed E-state index contributed by atoms with van der Waals surface area (Å²) in [6.07, 6.45) is 7.68. The number of piperidine rings is 1. The molecule has 16 nitrogen and oxygen atoms in total. The van der Waals surface area contributed by atoms with Crippen LogP contribution >= 0.6 is 0 Å². The Hall–Kier alpha value is -5.67. The summed E-state index contributed by atoms with van der Waals surface area (Å²) in [5.41, 5.74) is 3.83. The van der Waals surface area contributed by atoms with Gasteiger partial charge in [-0.25, -0.2) is 24.5 Å². The number of carbonyl (C=O) groups is 4. The van der Waals surface area contributed by atoms with Gasteiger partial charge in [0, 0.05) is 54.9 Å². The molecule has 0 bridgehead atoms. The zero-order valence-electron chi connectivity index (χ0n) is 31.1. The molecule has 0 saturated carbocycles. The third-order valence-electron chi connectivity index (χ3n) is 10.9. The van der Waals surface area contributed by atoms with Gasteiger partial charge < -0.3 is 44.8 Å². The third kappa shape index (κ3) is 7.54. The molecule has 286 valence electrons. The molecular weight excluding hydrogens is 692 g/mol. The number of anilines is 1. The van der Waals surface area contributed by atoms with E-state index in [0.717, 1.165) is 96.9 Å². The number of H-pyrrole nitrogens is 2. The quantitative estimate of drug-likeness (QED) is 0.189. The molecule has 3 aliphatic rings. The Bertz CT molecular complexity index is 2000. The first kappa shape index (κ1) is 36.7. The molecule has 3 aromatic heterocycles. The molecule has 3 fully saturated rings. The van der Waals surface area contributed by atoms with Crippen LogP contribution in [0.15, 0.2) is 42.7 Å². The second-order valence-corrected chi connectivity index (χ2v) is 14.3. The fourth-order valence-corrected chi connectivity index (χ4v) is 7.98. The number of pyridine rings is 1. The zero-order valence-corrected chi connectivity index (χ0v) is 31.1. The lowest BCUT2D eigenvalue weighted by Gasteiger charge is -2.32. The first-order valence-corrected chi connectivity index (χ1v) is 18.7. The van der Waals surface area contributed by atoms with Crippen molar-refractivity contribution >= 4 is 40.7 Å². The van der Waals surface area contributed by atoms with E-state index in [0.29, 0.717) is 19.0 Å². The summed E-state index contributed by atoms with van der Waals surface area (Å²) in [5, 5.41) is 6.16. The molecule has 0 aliphatic carbocycles. The number of fused-ring (bicyclic) bond motifs is 1. The summed E-state index contributed by atoms with van der Waals surface area (Å²) < 4.78 is 9.31. The van der Waals surface area contributed by atoms with Gasteiger partial charge in [0.1, 0.15) is 29.6 Å². The number of likely N-dealkylation sites (tertiary alicyclic amines) is 2. The van der Waals surface area contributed by atoms with Crippen LogP contribution in [-0.4, -0.2) is 111 Å². The topological polar surface area (TPSA) is 191 Å². The number of hydrogen-bond donors (Lipinski definition) is 4. The van der Waals surface area contributed by atoms with E-state index in [2.05, 4.69) is 58.2 Å². The van der Waals surface area contributed by atoms with Crippen LogP contribution in [-0.2, 0) is 19.1 Å². The Morgan fingerprint density at radius 3 is 1.96 bits per heavy atom. The average Bonchev–Trinajstić information content (AvgIpc) is 4.03. The minimum Gasteiger partial charge on any atom is -0.453 e. The SMILES string of the molecule is COC(=O)N[C@@H](C)C(=O)N1CCC[C@H]1c1ncc(-c2ccc3nc(N4CCC(c5cnc([C@@H]6CCCN6C(=O)[C@H](C)NC(=O)OC)[nH]5)CC4)ccc3c2)[nH]1. The number of aromatic amines is 2. The number of nitrogens with zero attached hydrogens (tertiary/aromatic N) is 6. The maximum absolute atomic E-state index is 13.1. The highest BCUT2D eigenvalue weighted by Gasteiger charge is 2.36. The number of alkyl carbamates (subject to hydrolysis) is 2. The molecular formula is C38H48N10O6. The highest BCUT2D eigenvalue weighted by atomic mass is 16.5. The average molecular weight is 741 g/mol. The number of imidazole rings is 2. The van der Waals surface area contributed by atoms with Gasteiger partial charge >= 0.3 is 12.2 Å². The maximum Gasteiger partial charge on any atom is 0.407 e.